The number of hydrogen-bond acceptors (Lipinski definition) is 6. The monoisotopic (exact) mass is 446 g/mol. The third-order valence-corrected chi connectivity index (χ3v) is 5.78. The second-order valence-corrected chi connectivity index (χ2v) is 7.82. The summed E-state index contributed by atoms with van der Waals surface area (Å²) in [5, 5.41) is 2.74. The van der Waals surface area contributed by atoms with Crippen molar-refractivity contribution in [2.24, 2.45) is 0 Å². The van der Waals surface area contributed by atoms with E-state index in [1.807, 2.05) is 30.3 Å². The van der Waals surface area contributed by atoms with Gasteiger partial charge in [0.2, 0.25) is 5.91 Å². The fourth-order valence-corrected chi connectivity index (χ4v) is 4.01. The van der Waals surface area contributed by atoms with E-state index in [2.05, 4.69) is 17.1 Å². The molecule has 2 aromatic carbocycles. The van der Waals surface area contributed by atoms with E-state index in [9.17, 15) is 14.4 Å². The Balaban J connectivity index is 1.72. The lowest BCUT2D eigenvalue weighted by Crippen LogP contribution is -2.39. The predicted molar refractivity (Wildman–Crippen MR) is 125 cm³/mol. The van der Waals surface area contributed by atoms with Gasteiger partial charge in [-0.15, -0.1) is 0 Å². The Morgan fingerprint density at radius 2 is 1.82 bits per heavy atom. The molecule has 1 aliphatic rings. The number of carbonyl (C=O) groups excluding carboxylic acids is 2. The first-order chi connectivity index (χ1) is 16.0. The molecule has 0 atom stereocenters. The van der Waals surface area contributed by atoms with Gasteiger partial charge in [-0.25, -0.2) is 9.78 Å². The van der Waals surface area contributed by atoms with Gasteiger partial charge in [0.25, 0.3) is 5.56 Å². The van der Waals surface area contributed by atoms with Crippen molar-refractivity contribution in [3.8, 4) is 11.4 Å². The van der Waals surface area contributed by atoms with Gasteiger partial charge in [-0.2, -0.15) is 0 Å². The number of amides is 1. The first-order valence-electron chi connectivity index (χ1n) is 10.9. The van der Waals surface area contributed by atoms with Crippen LogP contribution in [0.15, 0.2) is 59.4 Å². The van der Waals surface area contributed by atoms with Crippen molar-refractivity contribution < 1.29 is 14.3 Å². The Kier molecular flexibility index (Phi) is 6.65. The first kappa shape index (κ1) is 22.4. The number of fused-ring (bicyclic) bond motifs is 1. The predicted octanol–water partition coefficient (Wildman–Crippen LogP) is 2.71. The van der Waals surface area contributed by atoms with Gasteiger partial charge >= 0.3 is 5.97 Å². The van der Waals surface area contributed by atoms with Gasteiger partial charge < -0.3 is 10.1 Å². The summed E-state index contributed by atoms with van der Waals surface area (Å²) in [6, 6.07) is 16.0. The van der Waals surface area contributed by atoms with Crippen LogP contribution in [-0.4, -0.2) is 46.5 Å². The summed E-state index contributed by atoms with van der Waals surface area (Å²) >= 11 is 0. The molecule has 1 aliphatic heterocycles. The molecule has 1 amide bonds. The minimum absolute atomic E-state index is 0.214. The molecule has 0 aliphatic carbocycles. The number of benzene rings is 2. The maximum Gasteiger partial charge on any atom is 0.339 e. The quantitative estimate of drug-likeness (QED) is 0.585. The van der Waals surface area contributed by atoms with E-state index >= 15 is 0 Å². The van der Waals surface area contributed by atoms with Gasteiger partial charge in [0.1, 0.15) is 12.4 Å². The number of esters is 1. The number of carbonyl (C=O) groups is 2. The Morgan fingerprint density at radius 1 is 1.09 bits per heavy atom. The molecule has 0 saturated heterocycles. The highest BCUT2D eigenvalue weighted by molar-refractivity contribution is 6.01. The summed E-state index contributed by atoms with van der Waals surface area (Å²) < 4.78 is 6.22. The van der Waals surface area contributed by atoms with E-state index < -0.39 is 11.9 Å². The van der Waals surface area contributed by atoms with Gasteiger partial charge in [0.05, 0.1) is 29.6 Å². The van der Waals surface area contributed by atoms with Crippen LogP contribution in [0.25, 0.3) is 11.4 Å². The molecule has 0 saturated carbocycles. The molecule has 8 nitrogen and oxygen atoms in total. The molecule has 8 heteroatoms. The van der Waals surface area contributed by atoms with Crippen molar-refractivity contribution in [3.63, 3.8) is 0 Å². The molecule has 0 fully saturated rings. The van der Waals surface area contributed by atoms with Crippen molar-refractivity contribution >= 4 is 17.6 Å². The average molecular weight is 447 g/mol. The number of para-hydroxylation sites is 1. The number of nitrogens with one attached hydrogen (secondary N) is 1. The van der Waals surface area contributed by atoms with Crippen LogP contribution in [0.1, 0.15) is 28.5 Å². The molecule has 1 N–H and O–H groups in total. The molecular formula is C25H26N4O4. The van der Waals surface area contributed by atoms with E-state index in [0.29, 0.717) is 30.0 Å². The molecular weight excluding hydrogens is 420 g/mol. The fraction of sp³-hybridized carbons (Fsp3) is 0.280. The number of methoxy groups -OCH3 is 1. The molecule has 2 heterocycles. The zero-order chi connectivity index (χ0) is 23.4. The number of ether oxygens (including phenoxy) is 1. The van der Waals surface area contributed by atoms with Gasteiger partial charge in [0, 0.05) is 25.1 Å². The number of rotatable bonds is 6. The number of aromatic nitrogens is 2. The lowest BCUT2D eigenvalue weighted by atomic mass is 10.1. The third-order valence-electron chi connectivity index (χ3n) is 5.78. The number of nitrogens with zero attached hydrogens (tertiary/aromatic N) is 3. The second kappa shape index (κ2) is 9.79. The number of hydrogen-bond donors (Lipinski definition) is 1. The van der Waals surface area contributed by atoms with Crippen LogP contribution in [0, 0.1) is 0 Å². The Bertz CT molecular complexity index is 1240. The topological polar surface area (TPSA) is 93.5 Å². The minimum atomic E-state index is -0.553. The fourth-order valence-electron chi connectivity index (χ4n) is 4.01. The second-order valence-electron chi connectivity index (χ2n) is 7.82. The van der Waals surface area contributed by atoms with Gasteiger partial charge in [0.15, 0.2) is 0 Å². The Hall–Kier alpha value is -3.78. The van der Waals surface area contributed by atoms with Crippen molar-refractivity contribution in [2.45, 2.75) is 26.4 Å². The highest BCUT2D eigenvalue weighted by Gasteiger charge is 2.24. The average Bonchev–Trinajstić information content (AvgIpc) is 2.85. The molecule has 1 aromatic heterocycles. The molecule has 170 valence electrons. The minimum Gasteiger partial charge on any atom is -0.465 e. The third kappa shape index (κ3) is 4.70. The Labute approximate surface area is 191 Å². The molecule has 0 radical (unpaired) electrons. The summed E-state index contributed by atoms with van der Waals surface area (Å²) in [7, 11) is 1.28. The van der Waals surface area contributed by atoms with Crippen LogP contribution in [0.2, 0.25) is 0 Å². The maximum absolute atomic E-state index is 13.5. The highest BCUT2D eigenvalue weighted by Crippen LogP contribution is 2.21. The molecule has 3 aromatic rings. The molecule has 0 spiro atoms. The smallest absolute Gasteiger partial charge is 0.339 e. The van der Waals surface area contributed by atoms with Gasteiger partial charge in [-0.1, -0.05) is 49.4 Å². The Morgan fingerprint density at radius 3 is 2.55 bits per heavy atom. The van der Waals surface area contributed by atoms with E-state index in [0.717, 1.165) is 24.3 Å². The largest absolute Gasteiger partial charge is 0.465 e. The van der Waals surface area contributed by atoms with Gasteiger partial charge in [-0.05, 0) is 18.7 Å². The standard InChI is InChI=1S/C25H26N4O4/c1-3-28-14-13-21-19(15-28)24(31)29(23(27-21)17-9-5-4-6-10-17)16-22(30)26-20-12-8-7-11-18(20)25(32)33-2/h4-12H,3,13-16H2,1-2H3,(H,26,30). The SMILES string of the molecule is CCN1CCc2nc(-c3ccccc3)n(CC(=O)Nc3ccccc3C(=O)OC)c(=O)c2C1. The van der Waals surface area contributed by atoms with E-state index in [4.69, 9.17) is 9.72 Å². The van der Waals surface area contributed by atoms with Crippen LogP contribution in [0.4, 0.5) is 5.69 Å². The zero-order valence-corrected chi connectivity index (χ0v) is 18.7. The van der Waals surface area contributed by atoms with Crippen LogP contribution >= 0.6 is 0 Å². The lowest BCUT2D eigenvalue weighted by molar-refractivity contribution is -0.116. The van der Waals surface area contributed by atoms with Gasteiger partial charge in [-0.3, -0.25) is 19.1 Å². The van der Waals surface area contributed by atoms with E-state index in [1.165, 1.54) is 11.7 Å². The summed E-state index contributed by atoms with van der Waals surface area (Å²) in [6.45, 7) is 4.02. The normalized spacial score (nSPS) is 13.3. The summed E-state index contributed by atoms with van der Waals surface area (Å²) in [5.41, 5.74) is 2.53. The molecule has 0 unspecified atom stereocenters. The molecule has 4 rings (SSSR count). The first-order valence-corrected chi connectivity index (χ1v) is 10.9. The number of likely N-dealkylation sites (N-methyl/N-ethyl adjacent to an activating group) is 1. The van der Waals surface area contributed by atoms with Crippen molar-refractivity contribution in [1.82, 2.24) is 14.5 Å². The van der Waals surface area contributed by atoms with E-state index in [-0.39, 0.29) is 17.7 Å². The highest BCUT2D eigenvalue weighted by atomic mass is 16.5. The van der Waals surface area contributed by atoms with Crippen LogP contribution in [0.5, 0.6) is 0 Å². The maximum atomic E-state index is 13.5. The van der Waals surface area contributed by atoms with Crippen molar-refractivity contribution in [3.05, 3.63) is 81.8 Å². The summed E-state index contributed by atoms with van der Waals surface area (Å²) in [6.07, 6.45) is 0.692. The van der Waals surface area contributed by atoms with Crippen molar-refractivity contribution in [2.75, 3.05) is 25.5 Å². The summed E-state index contributed by atoms with van der Waals surface area (Å²) in [4.78, 5) is 45.6. The zero-order valence-electron chi connectivity index (χ0n) is 18.7. The number of anilines is 1. The molecule has 0 bridgehead atoms. The van der Waals surface area contributed by atoms with Crippen molar-refractivity contribution in [1.29, 1.82) is 0 Å². The van der Waals surface area contributed by atoms with Crippen LogP contribution in [-0.2, 0) is 29.0 Å². The lowest BCUT2D eigenvalue weighted by Gasteiger charge is -2.27. The molecule has 33 heavy (non-hydrogen) atoms. The summed E-state index contributed by atoms with van der Waals surface area (Å²) in [5.74, 6) is -0.528. The van der Waals surface area contributed by atoms with Crippen LogP contribution < -0.4 is 10.9 Å². The van der Waals surface area contributed by atoms with Crippen LogP contribution in [0.3, 0.4) is 0 Å². The van der Waals surface area contributed by atoms with E-state index in [1.54, 1.807) is 24.3 Å².